The quantitative estimate of drug-likeness (QED) is 0.770. The smallest absolute Gasteiger partial charge is 0.148 e. The third-order valence-electron chi connectivity index (χ3n) is 3.13. The Balaban J connectivity index is 1.98. The normalized spacial score (nSPS) is 18.9. The summed E-state index contributed by atoms with van der Waals surface area (Å²) in [5, 5.41) is 0. The molecular formula is C12H16F2N2. The lowest BCUT2D eigenvalue weighted by Gasteiger charge is -2.29. The summed E-state index contributed by atoms with van der Waals surface area (Å²) in [5.74, 6) is -0.408. The molecule has 0 bridgehead atoms. The lowest BCUT2D eigenvalue weighted by molar-refractivity contribution is 0.181. The minimum atomic E-state index is -0.617. The van der Waals surface area contributed by atoms with Crippen molar-refractivity contribution in [3.05, 3.63) is 29.6 Å². The third-order valence-corrected chi connectivity index (χ3v) is 3.13. The Bertz CT molecular complexity index is 360. The zero-order valence-corrected chi connectivity index (χ0v) is 9.42. The molecule has 1 aliphatic rings. The molecule has 0 atom stereocenters. The van der Waals surface area contributed by atoms with Crippen LogP contribution in [0.4, 0.5) is 8.78 Å². The van der Waals surface area contributed by atoms with Gasteiger partial charge in [0, 0.05) is 12.6 Å². The third kappa shape index (κ3) is 2.76. The molecule has 1 aromatic rings. The van der Waals surface area contributed by atoms with Crippen molar-refractivity contribution in [2.24, 2.45) is 5.92 Å². The Hall–Kier alpha value is -1.03. The van der Waals surface area contributed by atoms with E-state index in [2.05, 4.69) is 16.8 Å². The molecule has 0 unspecified atom stereocenters. The first-order valence-electron chi connectivity index (χ1n) is 5.67. The predicted molar refractivity (Wildman–Crippen MR) is 57.8 cm³/mol. The average molecular weight is 226 g/mol. The van der Waals surface area contributed by atoms with Gasteiger partial charge in [0.05, 0.1) is 11.9 Å². The Morgan fingerprint density at radius 3 is 2.69 bits per heavy atom. The number of hydrogen-bond donors (Lipinski definition) is 0. The van der Waals surface area contributed by atoms with E-state index in [1.165, 1.54) is 0 Å². The van der Waals surface area contributed by atoms with Gasteiger partial charge in [-0.3, -0.25) is 9.88 Å². The van der Waals surface area contributed by atoms with Crippen LogP contribution in [-0.4, -0.2) is 23.0 Å². The largest absolute Gasteiger partial charge is 0.297 e. The van der Waals surface area contributed by atoms with Gasteiger partial charge in [-0.15, -0.1) is 0 Å². The molecule has 4 heteroatoms. The number of aromatic nitrogens is 1. The van der Waals surface area contributed by atoms with E-state index >= 15 is 0 Å². The number of piperidine rings is 1. The summed E-state index contributed by atoms with van der Waals surface area (Å²) in [7, 11) is 0. The maximum atomic E-state index is 13.4. The van der Waals surface area contributed by atoms with Crippen molar-refractivity contribution in [1.29, 1.82) is 0 Å². The Morgan fingerprint density at radius 1 is 1.38 bits per heavy atom. The van der Waals surface area contributed by atoms with E-state index in [1.807, 2.05) is 0 Å². The Kier molecular flexibility index (Phi) is 3.49. The summed E-state index contributed by atoms with van der Waals surface area (Å²) < 4.78 is 26.0. The van der Waals surface area contributed by atoms with Gasteiger partial charge in [-0.05, 0) is 31.8 Å². The highest BCUT2D eigenvalue weighted by Crippen LogP contribution is 2.18. The highest BCUT2D eigenvalue weighted by Gasteiger charge is 2.17. The predicted octanol–water partition coefficient (Wildman–Crippen LogP) is 2.59. The van der Waals surface area contributed by atoms with E-state index in [1.54, 1.807) is 0 Å². The van der Waals surface area contributed by atoms with E-state index in [0.717, 1.165) is 44.1 Å². The van der Waals surface area contributed by atoms with E-state index in [4.69, 9.17) is 0 Å². The van der Waals surface area contributed by atoms with Crippen LogP contribution >= 0.6 is 0 Å². The molecule has 16 heavy (non-hydrogen) atoms. The minimum absolute atomic E-state index is 0.343. The number of pyridine rings is 1. The Labute approximate surface area is 94.3 Å². The molecular weight excluding hydrogens is 210 g/mol. The molecule has 0 amide bonds. The topological polar surface area (TPSA) is 16.1 Å². The van der Waals surface area contributed by atoms with Crippen molar-refractivity contribution in [2.75, 3.05) is 13.1 Å². The van der Waals surface area contributed by atoms with E-state index in [-0.39, 0.29) is 0 Å². The molecule has 1 saturated heterocycles. The highest BCUT2D eigenvalue weighted by molar-refractivity contribution is 5.08. The van der Waals surface area contributed by atoms with Crippen LogP contribution in [0, 0.1) is 17.6 Å². The van der Waals surface area contributed by atoms with Crippen molar-refractivity contribution in [3.8, 4) is 0 Å². The molecule has 0 saturated carbocycles. The van der Waals surface area contributed by atoms with Crippen LogP contribution in [0.2, 0.25) is 0 Å². The zero-order valence-electron chi connectivity index (χ0n) is 9.42. The number of halogens is 2. The van der Waals surface area contributed by atoms with Crippen LogP contribution in [0.25, 0.3) is 0 Å². The standard InChI is InChI=1S/C12H16F2N2/c1-9-2-4-16(5-3-9)8-12-11(14)6-10(13)7-15-12/h6-7,9H,2-5,8H2,1H3. The maximum absolute atomic E-state index is 13.4. The van der Waals surface area contributed by atoms with E-state index in [9.17, 15) is 8.78 Å². The molecule has 0 spiro atoms. The monoisotopic (exact) mass is 226 g/mol. The SMILES string of the molecule is CC1CCN(Cc2ncc(F)cc2F)CC1. The second-order valence-electron chi connectivity index (χ2n) is 4.54. The van der Waals surface area contributed by atoms with Gasteiger partial charge in [0.2, 0.25) is 0 Å². The van der Waals surface area contributed by atoms with Crippen LogP contribution < -0.4 is 0 Å². The Morgan fingerprint density at radius 2 is 2.06 bits per heavy atom. The fourth-order valence-electron chi connectivity index (χ4n) is 1.99. The molecule has 2 nitrogen and oxygen atoms in total. The van der Waals surface area contributed by atoms with Gasteiger partial charge in [-0.2, -0.15) is 0 Å². The van der Waals surface area contributed by atoms with Crippen LogP contribution in [0.5, 0.6) is 0 Å². The second kappa shape index (κ2) is 4.87. The zero-order chi connectivity index (χ0) is 11.5. The molecule has 2 heterocycles. The first kappa shape index (κ1) is 11.5. The van der Waals surface area contributed by atoms with Gasteiger partial charge in [0.1, 0.15) is 11.6 Å². The van der Waals surface area contributed by atoms with Crippen molar-refractivity contribution in [2.45, 2.75) is 26.3 Å². The minimum Gasteiger partial charge on any atom is -0.297 e. The molecule has 0 radical (unpaired) electrons. The van der Waals surface area contributed by atoms with Gasteiger partial charge < -0.3 is 0 Å². The first-order chi connectivity index (χ1) is 7.65. The maximum Gasteiger partial charge on any atom is 0.148 e. The van der Waals surface area contributed by atoms with Gasteiger partial charge in [0.25, 0.3) is 0 Å². The van der Waals surface area contributed by atoms with Crippen LogP contribution in [-0.2, 0) is 6.54 Å². The molecule has 1 aliphatic heterocycles. The lowest BCUT2D eigenvalue weighted by Crippen LogP contribution is -2.32. The summed E-state index contributed by atoms with van der Waals surface area (Å²) in [5.41, 5.74) is 0.343. The molecule has 1 aromatic heterocycles. The molecule has 1 fully saturated rings. The van der Waals surface area contributed by atoms with Crippen molar-refractivity contribution in [3.63, 3.8) is 0 Å². The highest BCUT2D eigenvalue weighted by atomic mass is 19.1. The van der Waals surface area contributed by atoms with Crippen LogP contribution in [0.3, 0.4) is 0 Å². The van der Waals surface area contributed by atoms with Gasteiger partial charge >= 0.3 is 0 Å². The van der Waals surface area contributed by atoms with Gasteiger partial charge in [-0.25, -0.2) is 8.78 Å². The molecule has 2 rings (SSSR count). The van der Waals surface area contributed by atoms with Crippen LogP contribution in [0.15, 0.2) is 12.3 Å². The fraction of sp³-hybridized carbons (Fsp3) is 0.583. The number of nitrogens with zero attached hydrogens (tertiary/aromatic N) is 2. The van der Waals surface area contributed by atoms with Gasteiger partial charge in [-0.1, -0.05) is 6.92 Å². The number of likely N-dealkylation sites (tertiary alicyclic amines) is 1. The average Bonchev–Trinajstić information content (AvgIpc) is 2.25. The van der Waals surface area contributed by atoms with E-state index < -0.39 is 11.6 Å². The fourth-order valence-corrected chi connectivity index (χ4v) is 1.99. The lowest BCUT2D eigenvalue weighted by atomic mass is 9.99. The summed E-state index contributed by atoms with van der Waals surface area (Å²) in [6.45, 7) is 4.66. The van der Waals surface area contributed by atoms with Crippen molar-refractivity contribution < 1.29 is 8.78 Å². The molecule has 0 aromatic carbocycles. The van der Waals surface area contributed by atoms with Crippen LogP contribution in [0.1, 0.15) is 25.5 Å². The van der Waals surface area contributed by atoms with Crippen molar-refractivity contribution in [1.82, 2.24) is 9.88 Å². The summed E-state index contributed by atoms with van der Waals surface area (Å²) in [4.78, 5) is 5.97. The second-order valence-corrected chi connectivity index (χ2v) is 4.54. The van der Waals surface area contributed by atoms with E-state index in [0.29, 0.717) is 12.2 Å². The summed E-state index contributed by atoms with van der Waals surface area (Å²) >= 11 is 0. The number of hydrogen-bond acceptors (Lipinski definition) is 2. The first-order valence-corrected chi connectivity index (χ1v) is 5.67. The van der Waals surface area contributed by atoms with Crippen molar-refractivity contribution >= 4 is 0 Å². The number of rotatable bonds is 2. The molecule has 0 N–H and O–H groups in total. The molecule has 0 aliphatic carbocycles. The molecule has 88 valence electrons. The van der Waals surface area contributed by atoms with Gasteiger partial charge in [0.15, 0.2) is 0 Å². The summed E-state index contributed by atoms with van der Waals surface area (Å²) in [6.07, 6.45) is 3.36. The summed E-state index contributed by atoms with van der Waals surface area (Å²) in [6, 6.07) is 0.898.